The van der Waals surface area contributed by atoms with Crippen LogP contribution in [0, 0.1) is 0 Å². The maximum absolute atomic E-state index is 12.5. The van der Waals surface area contributed by atoms with E-state index in [1.807, 2.05) is 0 Å². The number of carbonyl (C=O) groups is 2. The summed E-state index contributed by atoms with van der Waals surface area (Å²) in [5.74, 6) is -1.87. The monoisotopic (exact) mass is 337 g/mol. The van der Waals surface area contributed by atoms with E-state index in [1.54, 1.807) is 14.0 Å². The summed E-state index contributed by atoms with van der Waals surface area (Å²) in [7, 11) is 3.05. The summed E-state index contributed by atoms with van der Waals surface area (Å²) in [6, 6.07) is -1.05. The summed E-state index contributed by atoms with van der Waals surface area (Å²) in [5, 5.41) is 11.4. The zero-order chi connectivity index (χ0) is 18.0. The van der Waals surface area contributed by atoms with Gasteiger partial charge in [0.05, 0.1) is 6.33 Å². The molecule has 0 fully saturated rings. The van der Waals surface area contributed by atoms with Crippen LogP contribution < -0.4 is 16.6 Å². The average Bonchev–Trinajstić information content (AvgIpc) is 2.91. The van der Waals surface area contributed by atoms with Crippen LogP contribution >= 0.6 is 0 Å². The van der Waals surface area contributed by atoms with Crippen LogP contribution in [0.15, 0.2) is 15.9 Å². The van der Waals surface area contributed by atoms with Crippen molar-refractivity contribution in [2.24, 2.45) is 14.1 Å². The Hall–Kier alpha value is -2.91. The van der Waals surface area contributed by atoms with E-state index in [4.69, 9.17) is 5.11 Å². The number of fused-ring (bicyclic) bond motifs is 1. The van der Waals surface area contributed by atoms with Crippen LogP contribution in [0.2, 0.25) is 0 Å². The molecule has 1 unspecified atom stereocenters. The van der Waals surface area contributed by atoms with Crippen molar-refractivity contribution < 1.29 is 14.7 Å². The predicted molar refractivity (Wildman–Crippen MR) is 84.7 cm³/mol. The van der Waals surface area contributed by atoms with E-state index in [0.29, 0.717) is 6.42 Å². The molecule has 2 aromatic rings. The quantitative estimate of drug-likeness (QED) is 0.681. The number of rotatable bonds is 6. The van der Waals surface area contributed by atoms with Crippen molar-refractivity contribution in [2.75, 3.05) is 0 Å². The van der Waals surface area contributed by atoms with E-state index in [0.717, 1.165) is 4.57 Å². The number of nitrogens with one attached hydrogen (secondary N) is 1. The van der Waals surface area contributed by atoms with Crippen molar-refractivity contribution in [3.8, 4) is 0 Å². The van der Waals surface area contributed by atoms with Crippen LogP contribution in [0.3, 0.4) is 0 Å². The van der Waals surface area contributed by atoms with Crippen molar-refractivity contribution in [3.63, 3.8) is 0 Å². The van der Waals surface area contributed by atoms with Gasteiger partial charge >= 0.3 is 11.7 Å². The van der Waals surface area contributed by atoms with Crippen molar-refractivity contribution in [1.82, 2.24) is 24.0 Å². The molecule has 24 heavy (non-hydrogen) atoms. The molecule has 10 heteroatoms. The van der Waals surface area contributed by atoms with Gasteiger partial charge in [-0.25, -0.2) is 19.1 Å². The summed E-state index contributed by atoms with van der Waals surface area (Å²) < 4.78 is 3.40. The van der Waals surface area contributed by atoms with Crippen molar-refractivity contribution in [3.05, 3.63) is 27.2 Å². The van der Waals surface area contributed by atoms with E-state index >= 15 is 0 Å². The van der Waals surface area contributed by atoms with Gasteiger partial charge in [0, 0.05) is 14.1 Å². The van der Waals surface area contributed by atoms with Gasteiger partial charge < -0.3 is 15.0 Å². The Balaban J connectivity index is 2.38. The zero-order valence-electron chi connectivity index (χ0n) is 13.6. The lowest BCUT2D eigenvalue weighted by molar-refractivity contribution is -0.142. The first-order valence-electron chi connectivity index (χ1n) is 7.41. The topological polar surface area (TPSA) is 128 Å². The fourth-order valence-electron chi connectivity index (χ4n) is 2.47. The van der Waals surface area contributed by atoms with Crippen LogP contribution in [-0.4, -0.2) is 41.7 Å². The highest BCUT2D eigenvalue weighted by atomic mass is 16.4. The van der Waals surface area contributed by atoms with E-state index in [9.17, 15) is 19.2 Å². The molecular formula is C14H19N5O5. The number of hydrogen-bond acceptors (Lipinski definition) is 5. The van der Waals surface area contributed by atoms with Crippen LogP contribution in [0.25, 0.3) is 11.2 Å². The Bertz CT molecular complexity index is 907. The molecule has 0 spiro atoms. The fraction of sp³-hybridized carbons (Fsp3) is 0.500. The second-order valence-electron chi connectivity index (χ2n) is 5.51. The molecule has 0 aliphatic carbocycles. The number of nitrogens with zero attached hydrogens (tertiary/aromatic N) is 4. The second kappa shape index (κ2) is 6.69. The number of aryl methyl sites for hydroxylation is 2. The Kier molecular flexibility index (Phi) is 4.86. The highest BCUT2D eigenvalue weighted by Crippen LogP contribution is 2.03. The molecule has 1 amide bonds. The highest BCUT2D eigenvalue weighted by Gasteiger charge is 2.21. The first-order chi connectivity index (χ1) is 11.3. The minimum absolute atomic E-state index is 0.188. The van der Waals surface area contributed by atoms with Gasteiger partial charge in [-0.1, -0.05) is 13.3 Å². The Morgan fingerprint density at radius 2 is 2.00 bits per heavy atom. The molecule has 0 saturated heterocycles. The minimum atomic E-state index is -1.16. The first-order valence-corrected chi connectivity index (χ1v) is 7.41. The molecule has 2 rings (SSSR count). The number of imidazole rings is 1. The van der Waals surface area contributed by atoms with Crippen LogP contribution in [0.1, 0.15) is 19.8 Å². The third-order valence-corrected chi connectivity index (χ3v) is 3.71. The lowest BCUT2D eigenvalue weighted by atomic mass is 10.1. The van der Waals surface area contributed by atoms with Gasteiger partial charge in [-0.3, -0.25) is 14.2 Å². The number of hydrogen-bond donors (Lipinski definition) is 2. The largest absolute Gasteiger partial charge is 0.480 e. The minimum Gasteiger partial charge on any atom is -0.480 e. The van der Waals surface area contributed by atoms with Gasteiger partial charge in [-0.05, 0) is 6.42 Å². The molecule has 0 radical (unpaired) electrons. The summed E-state index contributed by atoms with van der Waals surface area (Å²) in [6.45, 7) is 1.23. The molecule has 0 aliphatic heterocycles. The zero-order valence-corrected chi connectivity index (χ0v) is 13.6. The Morgan fingerprint density at radius 1 is 1.33 bits per heavy atom. The summed E-state index contributed by atoms with van der Waals surface area (Å²) in [5.41, 5.74) is -0.930. The molecule has 10 nitrogen and oxygen atoms in total. The second-order valence-corrected chi connectivity index (χ2v) is 5.51. The number of aromatic nitrogens is 4. The van der Waals surface area contributed by atoms with Gasteiger partial charge in [0.25, 0.3) is 5.56 Å². The highest BCUT2D eigenvalue weighted by molar-refractivity contribution is 5.83. The van der Waals surface area contributed by atoms with Crippen molar-refractivity contribution >= 4 is 23.0 Å². The standard InChI is InChI=1S/C14H19N5O5/c1-4-5-8(13(22)23)16-9(20)6-19-12(21)10-11(15-7-17(10)2)18(3)14(19)24/h7-8H,4-6H2,1-3H3,(H,16,20)(H,22,23). The maximum Gasteiger partial charge on any atom is 0.332 e. The first kappa shape index (κ1) is 17.4. The molecule has 0 saturated carbocycles. The molecule has 2 heterocycles. The third-order valence-electron chi connectivity index (χ3n) is 3.71. The van der Waals surface area contributed by atoms with E-state index in [-0.39, 0.29) is 17.6 Å². The van der Waals surface area contributed by atoms with E-state index in [2.05, 4.69) is 10.3 Å². The number of amides is 1. The molecule has 0 aliphatic rings. The number of carboxylic acid groups (broad SMARTS) is 1. The maximum atomic E-state index is 12.5. The number of carboxylic acids is 1. The van der Waals surface area contributed by atoms with E-state index in [1.165, 1.54) is 22.5 Å². The van der Waals surface area contributed by atoms with Gasteiger partial charge in [-0.15, -0.1) is 0 Å². The Labute approximate surface area is 136 Å². The molecule has 1 atom stereocenters. The van der Waals surface area contributed by atoms with E-state index < -0.39 is 35.7 Å². The lowest BCUT2D eigenvalue weighted by Gasteiger charge is -2.14. The smallest absolute Gasteiger partial charge is 0.332 e. The molecule has 2 aromatic heterocycles. The molecule has 0 bridgehead atoms. The van der Waals surface area contributed by atoms with Crippen LogP contribution in [-0.2, 0) is 30.2 Å². The predicted octanol–water partition coefficient (Wildman–Crippen LogP) is -1.20. The summed E-state index contributed by atoms with van der Waals surface area (Å²) >= 11 is 0. The van der Waals surface area contributed by atoms with Crippen LogP contribution in [0.5, 0.6) is 0 Å². The SMILES string of the molecule is CCCC(NC(=O)Cn1c(=O)c2c(ncn2C)n(C)c1=O)C(=O)O. The van der Waals surface area contributed by atoms with Crippen molar-refractivity contribution in [1.29, 1.82) is 0 Å². The fourth-order valence-corrected chi connectivity index (χ4v) is 2.47. The van der Waals surface area contributed by atoms with Gasteiger partial charge in [-0.2, -0.15) is 0 Å². The third kappa shape index (κ3) is 3.07. The molecule has 0 aromatic carbocycles. The summed E-state index contributed by atoms with van der Waals surface area (Å²) in [4.78, 5) is 51.9. The van der Waals surface area contributed by atoms with Gasteiger partial charge in [0.1, 0.15) is 12.6 Å². The normalized spacial score (nSPS) is 12.3. The van der Waals surface area contributed by atoms with Crippen LogP contribution in [0.4, 0.5) is 0 Å². The number of aliphatic carboxylic acids is 1. The summed E-state index contributed by atoms with van der Waals surface area (Å²) in [6.07, 6.45) is 2.23. The molecule has 2 N–H and O–H groups in total. The molecule has 130 valence electrons. The molecular weight excluding hydrogens is 318 g/mol. The lowest BCUT2D eigenvalue weighted by Crippen LogP contribution is -2.47. The number of carbonyl (C=O) groups excluding carboxylic acids is 1. The average molecular weight is 337 g/mol. The van der Waals surface area contributed by atoms with Gasteiger partial charge in [0.2, 0.25) is 5.91 Å². The van der Waals surface area contributed by atoms with Crippen molar-refractivity contribution in [2.45, 2.75) is 32.4 Å². The van der Waals surface area contributed by atoms with Gasteiger partial charge in [0.15, 0.2) is 11.2 Å². The Morgan fingerprint density at radius 3 is 2.58 bits per heavy atom.